The molecule has 0 unspecified atom stereocenters. The van der Waals surface area contributed by atoms with Gasteiger partial charge in [0.25, 0.3) is 5.91 Å². The molecular formula is C29H26ClN3O5. The summed E-state index contributed by atoms with van der Waals surface area (Å²) < 4.78 is 0. The van der Waals surface area contributed by atoms with Crippen molar-refractivity contribution >= 4 is 40.4 Å². The molecule has 0 aromatic heterocycles. The number of phenolic OH excluding ortho intramolecular Hbond substituents is 2. The second-order valence-corrected chi connectivity index (χ2v) is 9.19. The number of fused-ring (bicyclic) bond motifs is 1. The molecule has 0 radical (unpaired) electrons. The van der Waals surface area contributed by atoms with Crippen LogP contribution in [0.25, 0.3) is 10.8 Å². The smallest absolute Gasteiger partial charge is 0.271 e. The van der Waals surface area contributed by atoms with Crippen molar-refractivity contribution in [2.24, 2.45) is 5.10 Å². The van der Waals surface area contributed by atoms with Crippen LogP contribution in [0.5, 0.6) is 11.5 Å². The number of hydrogen-bond donors (Lipinski definition) is 4. The molecule has 8 nitrogen and oxygen atoms in total. The molecule has 4 aromatic carbocycles. The first kappa shape index (κ1) is 26.7. The van der Waals surface area contributed by atoms with E-state index in [2.05, 4.69) is 10.5 Å². The summed E-state index contributed by atoms with van der Waals surface area (Å²) in [5, 5.41) is 35.5. The maximum absolute atomic E-state index is 13.0. The summed E-state index contributed by atoms with van der Waals surface area (Å²) >= 11 is 5.86. The van der Waals surface area contributed by atoms with Gasteiger partial charge >= 0.3 is 0 Å². The fourth-order valence-electron chi connectivity index (χ4n) is 4.02. The van der Waals surface area contributed by atoms with E-state index < -0.39 is 12.0 Å². The molecule has 0 bridgehead atoms. The molecule has 1 atom stereocenters. The number of aliphatic hydroxyl groups is 1. The average Bonchev–Trinajstić information content (AvgIpc) is 2.91. The lowest BCUT2D eigenvalue weighted by Crippen LogP contribution is -2.32. The van der Waals surface area contributed by atoms with Crippen LogP contribution in [0, 0.1) is 0 Å². The van der Waals surface area contributed by atoms with Crippen molar-refractivity contribution in [3.63, 3.8) is 0 Å². The van der Waals surface area contributed by atoms with Gasteiger partial charge in [-0.3, -0.25) is 9.59 Å². The van der Waals surface area contributed by atoms with Gasteiger partial charge in [-0.2, -0.15) is 5.10 Å². The molecule has 0 aliphatic rings. The van der Waals surface area contributed by atoms with Crippen LogP contribution in [0.3, 0.4) is 0 Å². The number of nitrogens with zero attached hydrogens (tertiary/aromatic N) is 2. The van der Waals surface area contributed by atoms with Crippen molar-refractivity contribution in [2.45, 2.75) is 12.5 Å². The maximum atomic E-state index is 13.0. The topological polar surface area (TPSA) is 122 Å². The van der Waals surface area contributed by atoms with E-state index in [9.17, 15) is 24.9 Å². The van der Waals surface area contributed by atoms with Gasteiger partial charge in [0, 0.05) is 18.2 Å². The summed E-state index contributed by atoms with van der Waals surface area (Å²) in [4.78, 5) is 26.8. The fraction of sp³-hybridized carbons (Fsp3) is 0.138. The molecule has 0 saturated heterocycles. The average molecular weight is 532 g/mol. The van der Waals surface area contributed by atoms with E-state index >= 15 is 0 Å². The summed E-state index contributed by atoms with van der Waals surface area (Å²) in [6.45, 7) is 0.0803. The molecule has 4 aromatic rings. The van der Waals surface area contributed by atoms with E-state index in [0.717, 1.165) is 21.9 Å². The largest absolute Gasteiger partial charge is 0.508 e. The van der Waals surface area contributed by atoms with Crippen LogP contribution in [0.1, 0.15) is 33.2 Å². The van der Waals surface area contributed by atoms with Gasteiger partial charge in [-0.1, -0.05) is 60.1 Å². The van der Waals surface area contributed by atoms with Crippen LogP contribution in [0.2, 0.25) is 5.02 Å². The Morgan fingerprint density at radius 3 is 2.50 bits per heavy atom. The van der Waals surface area contributed by atoms with Crippen LogP contribution in [-0.4, -0.2) is 51.8 Å². The number of phenols is 2. The molecule has 9 heteroatoms. The highest BCUT2D eigenvalue weighted by Crippen LogP contribution is 2.25. The number of hydrogen-bond acceptors (Lipinski definition) is 6. The highest BCUT2D eigenvalue weighted by atomic mass is 35.5. The minimum atomic E-state index is -0.931. The van der Waals surface area contributed by atoms with E-state index in [1.807, 2.05) is 36.4 Å². The molecule has 2 amide bonds. The number of amides is 2. The summed E-state index contributed by atoms with van der Waals surface area (Å²) in [7, 11) is 1.63. The van der Waals surface area contributed by atoms with Gasteiger partial charge in [-0.05, 0) is 52.2 Å². The number of aliphatic hydroxyl groups excluding tert-OH is 1. The van der Waals surface area contributed by atoms with Crippen LogP contribution in [0.4, 0.5) is 0 Å². The van der Waals surface area contributed by atoms with Crippen LogP contribution < -0.4 is 5.43 Å². The Morgan fingerprint density at radius 2 is 1.76 bits per heavy atom. The second kappa shape index (κ2) is 11.8. The summed E-state index contributed by atoms with van der Waals surface area (Å²) in [6, 6.07) is 21.7. The lowest BCUT2D eigenvalue weighted by Gasteiger charge is -2.22. The van der Waals surface area contributed by atoms with Crippen molar-refractivity contribution in [1.82, 2.24) is 10.3 Å². The first-order valence-corrected chi connectivity index (χ1v) is 12.1. The quantitative estimate of drug-likeness (QED) is 0.198. The Labute approximate surface area is 224 Å². The predicted molar refractivity (Wildman–Crippen MR) is 147 cm³/mol. The van der Waals surface area contributed by atoms with Crippen molar-refractivity contribution < 1.29 is 24.9 Å². The molecule has 194 valence electrons. The molecule has 0 saturated carbocycles. The minimum absolute atomic E-state index is 0.0509. The molecule has 38 heavy (non-hydrogen) atoms. The lowest BCUT2D eigenvalue weighted by molar-refractivity contribution is -0.130. The number of halogens is 1. The van der Waals surface area contributed by atoms with Crippen molar-refractivity contribution in [1.29, 1.82) is 0 Å². The standard InChI is InChI=1S/C29H26ClN3O5/c1-33(17-27(36)19-5-4-6-22(34)13-19)28(37)15-18-9-10-21(24-8-3-2-7-23(18)24)16-31-32-29(38)20-11-12-26(35)25(30)14-20/h2-14,16,27,34-36H,15,17H2,1H3,(H,32,38)/b31-16+/t27-/m0/s1. The molecule has 4 rings (SSSR count). The zero-order chi connectivity index (χ0) is 27.2. The minimum Gasteiger partial charge on any atom is -0.508 e. The number of benzene rings is 4. The molecule has 0 fully saturated rings. The molecule has 0 aliphatic carbocycles. The Bertz CT molecular complexity index is 1520. The first-order chi connectivity index (χ1) is 18.2. The van der Waals surface area contributed by atoms with Gasteiger partial charge in [0.2, 0.25) is 5.91 Å². The van der Waals surface area contributed by atoms with Crippen molar-refractivity contribution in [2.75, 3.05) is 13.6 Å². The number of nitrogens with one attached hydrogen (secondary N) is 1. The lowest BCUT2D eigenvalue weighted by atomic mass is 9.98. The Morgan fingerprint density at radius 1 is 1.00 bits per heavy atom. The van der Waals surface area contributed by atoms with E-state index in [1.165, 1.54) is 41.4 Å². The summed E-state index contributed by atoms with van der Waals surface area (Å²) in [5.74, 6) is -0.716. The van der Waals surface area contributed by atoms with Gasteiger partial charge in [0.15, 0.2) is 0 Å². The number of aromatic hydroxyl groups is 2. The van der Waals surface area contributed by atoms with Gasteiger partial charge in [-0.15, -0.1) is 0 Å². The van der Waals surface area contributed by atoms with Gasteiger partial charge in [0.1, 0.15) is 11.5 Å². The number of carbonyl (C=O) groups is 2. The predicted octanol–water partition coefficient (Wildman–Crippen LogP) is 4.40. The second-order valence-electron chi connectivity index (χ2n) is 8.79. The van der Waals surface area contributed by atoms with Gasteiger partial charge in [0.05, 0.1) is 30.3 Å². The zero-order valence-electron chi connectivity index (χ0n) is 20.5. The van der Waals surface area contributed by atoms with E-state index in [0.29, 0.717) is 5.56 Å². The van der Waals surface area contributed by atoms with E-state index in [-0.39, 0.29) is 41.0 Å². The fourth-order valence-corrected chi connectivity index (χ4v) is 4.20. The highest BCUT2D eigenvalue weighted by molar-refractivity contribution is 6.32. The number of likely N-dealkylation sites (N-methyl/N-ethyl adjacent to an activating group) is 1. The molecule has 0 aliphatic heterocycles. The summed E-state index contributed by atoms with van der Waals surface area (Å²) in [5.41, 5.74) is 4.78. The molecular weight excluding hydrogens is 506 g/mol. The Balaban J connectivity index is 1.46. The van der Waals surface area contributed by atoms with Gasteiger partial charge in [-0.25, -0.2) is 5.43 Å². The normalized spacial score (nSPS) is 12.0. The Hall–Kier alpha value is -4.40. The van der Waals surface area contributed by atoms with Crippen molar-refractivity contribution in [3.05, 3.63) is 106 Å². The third kappa shape index (κ3) is 6.29. The molecule has 4 N–H and O–H groups in total. The Kier molecular flexibility index (Phi) is 8.25. The maximum Gasteiger partial charge on any atom is 0.271 e. The van der Waals surface area contributed by atoms with Crippen LogP contribution in [0.15, 0.2) is 84.0 Å². The number of rotatable bonds is 8. The molecule has 0 spiro atoms. The van der Waals surface area contributed by atoms with E-state index in [4.69, 9.17) is 11.6 Å². The van der Waals surface area contributed by atoms with Gasteiger partial charge < -0.3 is 20.2 Å². The van der Waals surface area contributed by atoms with Crippen LogP contribution >= 0.6 is 11.6 Å². The number of carbonyl (C=O) groups excluding carboxylic acids is 2. The SMILES string of the molecule is CN(C[C@H](O)c1cccc(O)c1)C(=O)Cc1ccc(/C=N/NC(=O)c2ccc(O)c(Cl)c2)c2ccccc12. The summed E-state index contributed by atoms with van der Waals surface area (Å²) in [6.07, 6.45) is 0.713. The monoisotopic (exact) mass is 531 g/mol. The zero-order valence-corrected chi connectivity index (χ0v) is 21.3. The van der Waals surface area contributed by atoms with Crippen LogP contribution in [-0.2, 0) is 11.2 Å². The van der Waals surface area contributed by atoms with Crippen molar-refractivity contribution in [3.8, 4) is 11.5 Å². The molecule has 0 heterocycles. The van der Waals surface area contributed by atoms with E-state index in [1.54, 1.807) is 19.2 Å². The highest BCUT2D eigenvalue weighted by Gasteiger charge is 2.17. The third-order valence-corrected chi connectivity index (χ3v) is 6.40. The first-order valence-electron chi connectivity index (χ1n) is 11.8. The third-order valence-electron chi connectivity index (χ3n) is 6.10. The number of hydrazone groups is 1.